The topological polar surface area (TPSA) is 99.4 Å². The van der Waals surface area contributed by atoms with Gasteiger partial charge in [0.2, 0.25) is 0 Å². The first-order valence-electron chi connectivity index (χ1n) is 24.0. The zero-order chi connectivity index (χ0) is 48.9. The van der Waals surface area contributed by atoms with E-state index in [4.69, 9.17) is 19.7 Å². The molecule has 1 atom stereocenters. The Hall–Kier alpha value is -3.06. The second-order valence-corrected chi connectivity index (χ2v) is 22.3. The Labute approximate surface area is 393 Å². The van der Waals surface area contributed by atoms with E-state index in [1.54, 1.807) is 0 Å². The van der Waals surface area contributed by atoms with Crippen LogP contribution in [-0.2, 0) is 6.61 Å². The van der Waals surface area contributed by atoms with E-state index >= 15 is 0 Å². The number of unbranched alkanes of at least 4 members (excludes halogenated alkanes) is 6. The lowest BCUT2D eigenvalue weighted by molar-refractivity contribution is -0.870. The van der Waals surface area contributed by atoms with Crippen molar-refractivity contribution >= 4 is 0 Å². The standard InChI is InChI=1S/C22H32NO2.C14H24NO2.2C9H22NO/c1-18-8-10-19(11-9-18)22(24)20-12-14-21(15-13-20)25-17-7-5-6-16-23(2,3)4;1-15(2,3)10-4-5-11-17-14-8-6-13(12-16)7-9-14;1-9(2,11)7-6-8-10(3,4)5;1-10(2,3)8-6-4-5-7-9-11/h8-15,22,24H,5-7,16-17H2,1-4H3;6-9,16H,4-5,10-12H2,1-3H3;11H,6-8H2,1-5H3;11H,4-9H2,1-3H3/q4*+1. The highest BCUT2D eigenvalue weighted by Gasteiger charge is 2.15. The molecule has 4 N–H and O–H groups in total. The Morgan fingerprint density at radius 3 is 1.20 bits per heavy atom. The number of benzene rings is 3. The second kappa shape index (κ2) is 31.8. The average Bonchev–Trinajstić information content (AvgIpc) is 3.18. The molecule has 0 aromatic heterocycles. The lowest BCUT2D eigenvalue weighted by Crippen LogP contribution is -2.36. The Morgan fingerprint density at radius 2 is 0.812 bits per heavy atom. The summed E-state index contributed by atoms with van der Waals surface area (Å²) in [4.78, 5) is 0. The molecule has 0 aliphatic rings. The zero-order valence-electron chi connectivity index (χ0n) is 43.8. The van der Waals surface area contributed by atoms with Gasteiger partial charge in [-0.25, -0.2) is 0 Å². The van der Waals surface area contributed by atoms with Crippen LogP contribution in [0.25, 0.3) is 0 Å². The van der Waals surface area contributed by atoms with Gasteiger partial charge in [-0.05, 0) is 126 Å². The van der Waals surface area contributed by atoms with Crippen LogP contribution in [0.4, 0.5) is 0 Å². The predicted octanol–water partition coefficient (Wildman–Crippen LogP) is 8.87. The van der Waals surface area contributed by atoms with Crippen LogP contribution in [0, 0.1) is 6.92 Å². The third kappa shape index (κ3) is 38.2. The summed E-state index contributed by atoms with van der Waals surface area (Å²) in [6.45, 7) is 12.5. The van der Waals surface area contributed by atoms with Crippen LogP contribution in [0.2, 0.25) is 0 Å². The number of hydrogen-bond donors (Lipinski definition) is 4. The highest BCUT2D eigenvalue weighted by Crippen LogP contribution is 2.24. The van der Waals surface area contributed by atoms with Crippen LogP contribution in [-0.4, -0.2) is 175 Å². The molecule has 0 bridgehead atoms. The smallest absolute Gasteiger partial charge is 0.119 e. The molecule has 0 saturated carbocycles. The third-order valence-corrected chi connectivity index (χ3v) is 10.3. The van der Waals surface area contributed by atoms with Gasteiger partial charge in [0.15, 0.2) is 0 Å². The maximum absolute atomic E-state index is 10.5. The van der Waals surface area contributed by atoms with Gasteiger partial charge in [-0.1, -0.05) is 60.5 Å². The van der Waals surface area contributed by atoms with Gasteiger partial charge in [0, 0.05) is 6.61 Å². The molecular formula is C54H100N4O6+4. The molecule has 64 heavy (non-hydrogen) atoms. The minimum absolute atomic E-state index is 0.0871. The van der Waals surface area contributed by atoms with Crippen LogP contribution in [0.5, 0.6) is 11.5 Å². The van der Waals surface area contributed by atoms with Crippen molar-refractivity contribution in [2.75, 3.05) is 131 Å². The molecule has 0 heterocycles. The van der Waals surface area contributed by atoms with Crippen LogP contribution in [0.3, 0.4) is 0 Å². The molecule has 0 aliphatic heterocycles. The lowest BCUT2D eigenvalue weighted by Gasteiger charge is -2.25. The summed E-state index contributed by atoms with van der Waals surface area (Å²) < 4.78 is 15.5. The first-order valence-corrected chi connectivity index (χ1v) is 24.0. The average molecular weight is 901 g/mol. The van der Waals surface area contributed by atoms with Gasteiger partial charge in [0.05, 0.1) is 136 Å². The van der Waals surface area contributed by atoms with Crippen LogP contribution >= 0.6 is 0 Å². The highest BCUT2D eigenvalue weighted by atomic mass is 16.5. The molecule has 3 rings (SSSR count). The number of hydrogen-bond acceptors (Lipinski definition) is 6. The molecule has 10 heteroatoms. The molecule has 10 nitrogen and oxygen atoms in total. The molecule has 0 saturated heterocycles. The van der Waals surface area contributed by atoms with Crippen molar-refractivity contribution in [1.29, 1.82) is 0 Å². The first kappa shape index (κ1) is 60.9. The molecule has 0 spiro atoms. The summed E-state index contributed by atoms with van der Waals surface area (Å²) in [7, 11) is 26.4. The van der Waals surface area contributed by atoms with Gasteiger partial charge in [-0.3, -0.25) is 0 Å². The van der Waals surface area contributed by atoms with E-state index in [2.05, 4.69) is 84.6 Å². The molecule has 3 aromatic carbocycles. The van der Waals surface area contributed by atoms with E-state index < -0.39 is 11.7 Å². The van der Waals surface area contributed by atoms with Crippen molar-refractivity contribution in [3.63, 3.8) is 0 Å². The highest BCUT2D eigenvalue weighted by molar-refractivity contribution is 5.35. The Bertz CT molecular complexity index is 1530. The van der Waals surface area contributed by atoms with E-state index in [1.165, 1.54) is 63.7 Å². The van der Waals surface area contributed by atoms with E-state index in [0.717, 1.165) is 98.0 Å². The summed E-state index contributed by atoms with van der Waals surface area (Å²) in [6, 6.07) is 23.4. The quantitative estimate of drug-likeness (QED) is 0.0475. The van der Waals surface area contributed by atoms with Gasteiger partial charge in [-0.2, -0.15) is 0 Å². The molecular weight excluding hydrogens is 801 g/mol. The van der Waals surface area contributed by atoms with Crippen molar-refractivity contribution in [2.45, 2.75) is 110 Å². The van der Waals surface area contributed by atoms with Crippen molar-refractivity contribution in [3.05, 3.63) is 95.1 Å². The lowest BCUT2D eigenvalue weighted by atomic mass is 10.0. The van der Waals surface area contributed by atoms with Crippen LogP contribution in [0.1, 0.15) is 113 Å². The number of aliphatic hydroxyl groups is 4. The zero-order valence-corrected chi connectivity index (χ0v) is 43.8. The molecule has 1 unspecified atom stereocenters. The van der Waals surface area contributed by atoms with E-state index in [0.29, 0.717) is 6.61 Å². The van der Waals surface area contributed by atoms with Crippen molar-refractivity contribution in [1.82, 2.24) is 0 Å². The van der Waals surface area contributed by atoms with Gasteiger partial charge >= 0.3 is 0 Å². The van der Waals surface area contributed by atoms with Crippen molar-refractivity contribution in [3.8, 4) is 11.5 Å². The third-order valence-electron chi connectivity index (χ3n) is 10.3. The van der Waals surface area contributed by atoms with Gasteiger partial charge in [-0.15, -0.1) is 0 Å². The van der Waals surface area contributed by atoms with E-state index in [9.17, 15) is 10.2 Å². The van der Waals surface area contributed by atoms with Gasteiger partial charge in [0.1, 0.15) is 17.6 Å². The summed E-state index contributed by atoms with van der Waals surface area (Å²) in [5.74, 6) is 1.75. The predicted molar refractivity (Wildman–Crippen MR) is 271 cm³/mol. The Kier molecular flexibility index (Phi) is 30.3. The number of aryl methyl sites for hydroxylation is 1. The molecule has 0 fully saturated rings. The molecule has 0 amide bonds. The van der Waals surface area contributed by atoms with Gasteiger partial charge in [0.25, 0.3) is 0 Å². The fourth-order valence-corrected chi connectivity index (χ4v) is 6.35. The molecule has 368 valence electrons. The fraction of sp³-hybridized carbons (Fsp3) is 0.667. The molecule has 0 radical (unpaired) electrons. The second-order valence-electron chi connectivity index (χ2n) is 22.3. The summed E-state index contributed by atoms with van der Waals surface area (Å²) >= 11 is 0. The monoisotopic (exact) mass is 901 g/mol. The number of nitrogens with zero attached hydrogens (tertiary/aromatic N) is 4. The minimum Gasteiger partial charge on any atom is -0.494 e. The SMILES string of the molecule is CC(C)(O)CCC[N+](C)(C)C.C[N+](C)(C)CCCCCCO.C[N+](C)(C)CCCCOc1ccc(CO)cc1.Cc1ccc(C(O)c2ccc(OCCCCC[N+](C)(C)C)cc2)cc1. The van der Waals surface area contributed by atoms with Crippen molar-refractivity contribution < 1.29 is 47.8 Å². The molecule has 0 aliphatic carbocycles. The number of quaternary nitrogens is 4. The maximum Gasteiger partial charge on any atom is 0.119 e. The summed E-state index contributed by atoms with van der Waals surface area (Å²) in [6.07, 6.45) is 11.8. The van der Waals surface area contributed by atoms with Crippen LogP contribution < -0.4 is 9.47 Å². The fourth-order valence-electron chi connectivity index (χ4n) is 6.35. The Morgan fingerprint density at radius 1 is 0.469 bits per heavy atom. The van der Waals surface area contributed by atoms with E-state index in [1.807, 2.05) is 93.6 Å². The normalized spacial score (nSPS) is 12.5. The van der Waals surface area contributed by atoms with Crippen molar-refractivity contribution in [2.24, 2.45) is 0 Å². The van der Waals surface area contributed by atoms with Crippen LogP contribution in [0.15, 0.2) is 72.8 Å². The number of ether oxygens (including phenoxy) is 2. The minimum atomic E-state index is -0.592. The summed E-state index contributed by atoms with van der Waals surface area (Å²) in [5, 5.41) is 37.3. The number of rotatable bonds is 26. The van der Waals surface area contributed by atoms with E-state index in [-0.39, 0.29) is 6.61 Å². The largest absolute Gasteiger partial charge is 0.494 e. The first-order chi connectivity index (χ1) is 29.6. The summed E-state index contributed by atoms with van der Waals surface area (Å²) in [5.41, 5.74) is 3.43. The van der Waals surface area contributed by atoms with Gasteiger partial charge < -0.3 is 47.8 Å². The molecule has 3 aromatic rings. The Balaban J connectivity index is 0.000000886. The maximum atomic E-state index is 10.5. The number of aliphatic hydroxyl groups excluding tert-OH is 3.